The first kappa shape index (κ1) is 18.7. The van der Waals surface area contributed by atoms with Crippen LogP contribution >= 0.6 is 0 Å². The number of likely N-dealkylation sites (N-methyl/N-ethyl adjacent to an activating group) is 2. The zero-order valence-electron chi connectivity index (χ0n) is 16.1. The summed E-state index contributed by atoms with van der Waals surface area (Å²) in [6.07, 6.45) is 8.18. The van der Waals surface area contributed by atoms with Crippen LogP contribution in [-0.4, -0.2) is 82.7 Å². The van der Waals surface area contributed by atoms with Crippen LogP contribution in [0.15, 0.2) is 45.6 Å². The Morgan fingerprint density at radius 2 is 2.00 bits per heavy atom. The van der Waals surface area contributed by atoms with Crippen LogP contribution in [0.5, 0.6) is 0 Å². The van der Waals surface area contributed by atoms with Crippen molar-refractivity contribution in [2.24, 2.45) is 15.9 Å². The molecular formula is C19H19N6O4+. The van der Waals surface area contributed by atoms with E-state index in [1.165, 1.54) is 29.9 Å². The van der Waals surface area contributed by atoms with Crippen LogP contribution in [0, 0.1) is 5.92 Å². The summed E-state index contributed by atoms with van der Waals surface area (Å²) in [5.41, 5.74) is 2.00. The molecule has 0 bridgehead atoms. The third kappa shape index (κ3) is 3.12. The standard InChI is InChI=1S/C19H18N6O4/c1-10-6-14(26)22-13-7-11(4-5-12(10)13)21-15(27)8-25-9-20-17-16(25)18(28)24(3)19(29)23(17)2/h4-7,9,12,16H,8H2,1-3H3/p+1. The molecule has 3 heterocycles. The van der Waals surface area contributed by atoms with Crippen molar-refractivity contribution in [1.29, 1.82) is 0 Å². The summed E-state index contributed by atoms with van der Waals surface area (Å²) in [5.74, 6) is -0.880. The molecule has 5 amide bonds. The molecule has 1 N–H and O–H groups in total. The van der Waals surface area contributed by atoms with Crippen LogP contribution in [0.3, 0.4) is 0 Å². The van der Waals surface area contributed by atoms with Gasteiger partial charge in [-0.25, -0.2) is 14.4 Å². The van der Waals surface area contributed by atoms with E-state index in [2.05, 4.69) is 15.3 Å². The van der Waals surface area contributed by atoms with Crippen molar-refractivity contribution in [3.8, 4) is 0 Å². The van der Waals surface area contributed by atoms with Gasteiger partial charge >= 0.3 is 6.03 Å². The number of allylic oxidation sites excluding steroid dienone is 3. The van der Waals surface area contributed by atoms with Gasteiger partial charge in [0.25, 0.3) is 30.0 Å². The maximum absolute atomic E-state index is 12.5. The Hall–Kier alpha value is -3.69. The minimum Gasteiger partial charge on any atom is -0.325 e. The van der Waals surface area contributed by atoms with E-state index in [-0.39, 0.29) is 24.2 Å². The second-order valence-corrected chi connectivity index (χ2v) is 7.16. The van der Waals surface area contributed by atoms with Gasteiger partial charge in [-0.1, -0.05) is 11.6 Å². The first-order valence-electron chi connectivity index (χ1n) is 8.99. The Bertz CT molecular complexity index is 1040. The van der Waals surface area contributed by atoms with Gasteiger partial charge in [0.15, 0.2) is 6.54 Å². The number of amides is 5. The maximum atomic E-state index is 12.5. The predicted molar refractivity (Wildman–Crippen MR) is 103 cm³/mol. The minimum absolute atomic E-state index is 0.0342. The number of urea groups is 1. The molecule has 10 heteroatoms. The number of hydrogen-bond donors (Lipinski definition) is 1. The van der Waals surface area contributed by atoms with Gasteiger partial charge in [0.2, 0.25) is 5.91 Å². The highest BCUT2D eigenvalue weighted by Gasteiger charge is 2.50. The highest BCUT2D eigenvalue weighted by molar-refractivity contribution is 6.21. The molecule has 0 aromatic rings. The van der Waals surface area contributed by atoms with Gasteiger partial charge < -0.3 is 5.32 Å². The molecule has 1 aliphatic carbocycles. The zero-order valence-corrected chi connectivity index (χ0v) is 16.1. The van der Waals surface area contributed by atoms with Gasteiger partial charge in [-0.15, -0.1) is 0 Å². The maximum Gasteiger partial charge on any atom is 0.333 e. The minimum atomic E-state index is -0.832. The number of carbonyl (C=O) groups excluding carboxylic acids is 4. The van der Waals surface area contributed by atoms with Crippen molar-refractivity contribution in [1.82, 2.24) is 15.1 Å². The van der Waals surface area contributed by atoms with Crippen LogP contribution < -0.4 is 5.32 Å². The van der Waals surface area contributed by atoms with Gasteiger partial charge in [-0.05, 0) is 24.1 Å². The first-order chi connectivity index (χ1) is 13.8. The Morgan fingerprint density at radius 3 is 2.76 bits per heavy atom. The van der Waals surface area contributed by atoms with Crippen molar-refractivity contribution in [3.63, 3.8) is 0 Å². The van der Waals surface area contributed by atoms with Crippen LogP contribution in [-0.2, 0) is 14.4 Å². The largest absolute Gasteiger partial charge is 0.333 e. The van der Waals surface area contributed by atoms with E-state index >= 15 is 0 Å². The van der Waals surface area contributed by atoms with E-state index in [1.807, 2.05) is 13.0 Å². The van der Waals surface area contributed by atoms with Crippen molar-refractivity contribution >= 4 is 41.6 Å². The van der Waals surface area contributed by atoms with Crippen molar-refractivity contribution in [2.45, 2.75) is 13.0 Å². The monoisotopic (exact) mass is 395 g/mol. The van der Waals surface area contributed by atoms with E-state index in [1.54, 1.807) is 18.2 Å². The second kappa shape index (κ2) is 6.73. The lowest BCUT2D eigenvalue weighted by atomic mass is 9.89. The normalized spacial score (nSPS) is 27.1. The summed E-state index contributed by atoms with van der Waals surface area (Å²) >= 11 is 0. The van der Waals surface area contributed by atoms with Gasteiger partial charge in [0.05, 0.1) is 5.71 Å². The number of nitrogens with zero attached hydrogens (tertiary/aromatic N) is 5. The van der Waals surface area contributed by atoms with E-state index in [0.717, 1.165) is 10.5 Å². The van der Waals surface area contributed by atoms with Gasteiger partial charge in [-0.3, -0.25) is 24.2 Å². The number of rotatable bonds is 2. The molecule has 0 aromatic heterocycles. The number of carbonyl (C=O) groups is 4. The quantitative estimate of drug-likeness (QED) is 0.632. The third-order valence-corrected chi connectivity index (χ3v) is 5.18. The van der Waals surface area contributed by atoms with Crippen LogP contribution in [0.2, 0.25) is 0 Å². The average molecular weight is 395 g/mol. The topological polar surface area (TPSA) is 115 Å². The van der Waals surface area contributed by atoms with Crippen molar-refractivity contribution < 1.29 is 23.8 Å². The Kier molecular flexibility index (Phi) is 4.33. The lowest BCUT2D eigenvalue weighted by molar-refractivity contribution is -0.519. The molecule has 148 valence electrons. The second-order valence-electron chi connectivity index (χ2n) is 7.16. The van der Waals surface area contributed by atoms with Crippen molar-refractivity contribution in [3.05, 3.63) is 35.6 Å². The fourth-order valence-electron chi connectivity index (χ4n) is 3.66. The van der Waals surface area contributed by atoms with E-state index in [0.29, 0.717) is 11.4 Å². The lowest BCUT2D eigenvalue weighted by Crippen LogP contribution is -2.61. The fraction of sp³-hybridized carbons (Fsp3) is 0.316. The summed E-state index contributed by atoms with van der Waals surface area (Å²) in [6.45, 7) is 1.70. The highest BCUT2D eigenvalue weighted by atomic mass is 16.2. The first-order valence-corrected chi connectivity index (χ1v) is 8.99. The molecule has 0 radical (unpaired) electrons. The molecule has 3 aliphatic heterocycles. The molecule has 0 aromatic carbocycles. The molecular weight excluding hydrogens is 376 g/mol. The lowest BCUT2D eigenvalue weighted by Gasteiger charge is -2.30. The van der Waals surface area contributed by atoms with Gasteiger partial charge in [0, 0.05) is 31.8 Å². The SMILES string of the molecule is CC1=CC(=O)NC2=CC(=NC(=O)C[N+]3=CN=C4C3C(=O)N(C)C(=O)N4C)C=CC12. The molecule has 1 fully saturated rings. The molecule has 4 aliphatic rings. The fourth-order valence-corrected chi connectivity index (χ4v) is 3.66. The number of nitrogens with one attached hydrogen (secondary N) is 1. The summed E-state index contributed by atoms with van der Waals surface area (Å²) in [5, 5.41) is 2.76. The molecule has 1 saturated heterocycles. The number of imide groups is 1. The molecule has 10 nitrogen and oxygen atoms in total. The number of hydrogen-bond acceptors (Lipinski definition) is 5. The van der Waals surface area contributed by atoms with Crippen LogP contribution in [0.25, 0.3) is 0 Å². The Morgan fingerprint density at radius 1 is 1.24 bits per heavy atom. The van der Waals surface area contributed by atoms with E-state index in [4.69, 9.17) is 0 Å². The summed E-state index contributed by atoms with van der Waals surface area (Å²) in [7, 11) is 2.92. The van der Waals surface area contributed by atoms with Crippen molar-refractivity contribution in [2.75, 3.05) is 20.6 Å². The number of fused-ring (bicyclic) bond motifs is 2. The number of amidine groups is 1. The molecule has 0 spiro atoms. The summed E-state index contributed by atoms with van der Waals surface area (Å²) in [6, 6.07) is -1.30. The molecule has 2 unspecified atom stereocenters. The predicted octanol–water partition coefficient (Wildman–Crippen LogP) is -0.555. The number of aliphatic imine (C=N–C) groups is 2. The highest BCUT2D eigenvalue weighted by Crippen LogP contribution is 2.26. The van der Waals surface area contributed by atoms with Crippen LogP contribution in [0.4, 0.5) is 4.79 Å². The smallest absolute Gasteiger partial charge is 0.325 e. The van der Waals surface area contributed by atoms with E-state index < -0.39 is 23.9 Å². The van der Waals surface area contributed by atoms with Crippen LogP contribution in [0.1, 0.15) is 6.92 Å². The molecule has 2 atom stereocenters. The zero-order chi connectivity index (χ0) is 20.9. The summed E-state index contributed by atoms with van der Waals surface area (Å²) < 4.78 is 1.46. The Balaban J connectivity index is 1.50. The third-order valence-electron chi connectivity index (χ3n) is 5.18. The summed E-state index contributed by atoms with van der Waals surface area (Å²) in [4.78, 5) is 59.2. The Labute approximate surface area is 166 Å². The van der Waals surface area contributed by atoms with Gasteiger partial charge in [0.1, 0.15) is 0 Å². The molecule has 0 saturated carbocycles. The van der Waals surface area contributed by atoms with E-state index in [9.17, 15) is 19.2 Å². The molecule has 4 rings (SSSR count). The van der Waals surface area contributed by atoms with Gasteiger partial charge in [-0.2, -0.15) is 0 Å². The molecule has 29 heavy (non-hydrogen) atoms. The average Bonchev–Trinajstić information content (AvgIpc) is 3.07.